The van der Waals surface area contributed by atoms with Crippen LogP contribution in [0.2, 0.25) is 0 Å². The number of nitrogens with zero attached hydrogens (tertiary/aromatic N) is 1. The third-order valence-corrected chi connectivity index (χ3v) is 3.40. The molecule has 23 heavy (non-hydrogen) atoms. The number of rotatable bonds is 5. The van der Waals surface area contributed by atoms with Crippen molar-refractivity contribution in [3.63, 3.8) is 0 Å². The molecule has 0 aliphatic carbocycles. The molecule has 0 bridgehead atoms. The van der Waals surface area contributed by atoms with Gasteiger partial charge >= 0.3 is 0 Å². The molecule has 0 fully saturated rings. The number of aryl methyl sites for hydroxylation is 1. The molecule has 0 aliphatic rings. The molecule has 1 N–H and O–H groups in total. The average Bonchev–Trinajstić information content (AvgIpc) is 2.51. The van der Waals surface area contributed by atoms with Gasteiger partial charge in [0.2, 0.25) is 5.91 Å². The number of nitrogens with one attached hydrogen (secondary N) is 1. The summed E-state index contributed by atoms with van der Waals surface area (Å²) in [5, 5.41) is 2.70. The molecule has 2 rings (SSSR count). The lowest BCUT2D eigenvalue weighted by molar-refractivity contribution is -0.116. The first kappa shape index (κ1) is 16.7. The Morgan fingerprint density at radius 2 is 1.87 bits per heavy atom. The number of anilines is 1. The highest BCUT2D eigenvalue weighted by atomic mass is 19.1. The van der Waals surface area contributed by atoms with E-state index in [9.17, 15) is 14.0 Å². The van der Waals surface area contributed by atoms with Crippen molar-refractivity contribution in [2.75, 3.05) is 18.0 Å². The lowest BCUT2D eigenvalue weighted by atomic mass is 10.2. The topological polar surface area (TPSA) is 49.4 Å². The lowest BCUT2D eigenvalue weighted by Gasteiger charge is -2.21. The van der Waals surface area contributed by atoms with Gasteiger partial charge in [-0.1, -0.05) is 18.2 Å². The van der Waals surface area contributed by atoms with Crippen LogP contribution in [0, 0.1) is 12.7 Å². The Hall–Kier alpha value is -2.69. The Morgan fingerprint density at radius 1 is 1.13 bits per heavy atom. The zero-order chi connectivity index (χ0) is 16.8. The van der Waals surface area contributed by atoms with Gasteiger partial charge in [-0.15, -0.1) is 0 Å². The van der Waals surface area contributed by atoms with E-state index >= 15 is 0 Å². The largest absolute Gasteiger partial charge is 0.350 e. The molecular formula is C18H19FN2O2. The fraction of sp³-hybridized carbons (Fsp3) is 0.222. The summed E-state index contributed by atoms with van der Waals surface area (Å²) in [6.45, 7) is 4.06. The molecule has 2 amide bonds. The van der Waals surface area contributed by atoms with E-state index in [4.69, 9.17) is 0 Å². The van der Waals surface area contributed by atoms with Crippen molar-refractivity contribution < 1.29 is 14.0 Å². The molecule has 0 unspecified atom stereocenters. The normalized spacial score (nSPS) is 10.2. The summed E-state index contributed by atoms with van der Waals surface area (Å²) >= 11 is 0. The van der Waals surface area contributed by atoms with Crippen LogP contribution in [0.15, 0.2) is 48.5 Å². The monoisotopic (exact) mass is 314 g/mol. The summed E-state index contributed by atoms with van der Waals surface area (Å²) in [7, 11) is 0. The van der Waals surface area contributed by atoms with Crippen LogP contribution >= 0.6 is 0 Å². The van der Waals surface area contributed by atoms with E-state index in [0.29, 0.717) is 6.54 Å². The first-order valence-corrected chi connectivity index (χ1v) is 7.36. The lowest BCUT2D eigenvalue weighted by Crippen LogP contribution is -2.37. The molecule has 0 aromatic heterocycles. The SMILES string of the molecule is CC(=O)N(CCNC(=O)c1cccc(F)c1)c1cccc(C)c1. The number of carbonyl (C=O) groups is 2. The van der Waals surface area contributed by atoms with Crippen molar-refractivity contribution in [2.24, 2.45) is 0 Å². The van der Waals surface area contributed by atoms with E-state index in [1.165, 1.54) is 25.1 Å². The molecule has 0 saturated heterocycles. The van der Waals surface area contributed by atoms with Crippen molar-refractivity contribution in [2.45, 2.75) is 13.8 Å². The van der Waals surface area contributed by atoms with Crippen molar-refractivity contribution in [1.82, 2.24) is 5.32 Å². The Labute approximate surface area is 134 Å². The summed E-state index contributed by atoms with van der Waals surface area (Å²) in [4.78, 5) is 25.4. The second-order valence-corrected chi connectivity index (χ2v) is 5.28. The van der Waals surface area contributed by atoms with Gasteiger partial charge in [-0.3, -0.25) is 9.59 Å². The fourth-order valence-electron chi connectivity index (χ4n) is 2.28. The molecule has 2 aromatic rings. The van der Waals surface area contributed by atoms with Gasteiger partial charge in [0.15, 0.2) is 0 Å². The maximum Gasteiger partial charge on any atom is 0.251 e. The molecule has 0 saturated carbocycles. The van der Waals surface area contributed by atoms with Crippen LogP contribution in [0.5, 0.6) is 0 Å². The standard InChI is InChI=1S/C18H19FN2O2/c1-13-5-3-8-17(11-13)21(14(2)22)10-9-20-18(23)15-6-4-7-16(19)12-15/h3-8,11-12H,9-10H2,1-2H3,(H,20,23). The van der Waals surface area contributed by atoms with Crippen LogP contribution < -0.4 is 10.2 Å². The summed E-state index contributed by atoms with van der Waals surface area (Å²) in [5.41, 5.74) is 2.10. The van der Waals surface area contributed by atoms with E-state index in [-0.39, 0.29) is 23.9 Å². The van der Waals surface area contributed by atoms with Crippen LogP contribution in [0.25, 0.3) is 0 Å². The molecule has 0 radical (unpaired) electrons. The second-order valence-electron chi connectivity index (χ2n) is 5.28. The summed E-state index contributed by atoms with van der Waals surface area (Å²) in [6, 6.07) is 13.1. The van der Waals surface area contributed by atoms with Crippen LogP contribution in [-0.4, -0.2) is 24.9 Å². The molecule has 0 aliphatic heterocycles. The van der Waals surface area contributed by atoms with E-state index in [1.54, 1.807) is 11.0 Å². The predicted octanol–water partition coefficient (Wildman–Crippen LogP) is 2.92. The quantitative estimate of drug-likeness (QED) is 0.922. The van der Waals surface area contributed by atoms with Gasteiger partial charge < -0.3 is 10.2 Å². The number of hydrogen-bond donors (Lipinski definition) is 1. The summed E-state index contributed by atoms with van der Waals surface area (Å²) in [6.07, 6.45) is 0. The van der Waals surface area contributed by atoms with Crippen molar-refractivity contribution >= 4 is 17.5 Å². The predicted molar refractivity (Wildman–Crippen MR) is 87.9 cm³/mol. The molecule has 5 heteroatoms. The van der Waals surface area contributed by atoms with Crippen LogP contribution in [0.4, 0.5) is 10.1 Å². The zero-order valence-corrected chi connectivity index (χ0v) is 13.2. The molecule has 120 valence electrons. The van der Waals surface area contributed by atoms with Gasteiger partial charge in [0.1, 0.15) is 5.82 Å². The van der Waals surface area contributed by atoms with E-state index in [0.717, 1.165) is 11.3 Å². The van der Waals surface area contributed by atoms with Crippen molar-refractivity contribution in [1.29, 1.82) is 0 Å². The maximum absolute atomic E-state index is 13.1. The van der Waals surface area contributed by atoms with Gasteiger partial charge in [0.05, 0.1) is 0 Å². The molecule has 0 heterocycles. The highest BCUT2D eigenvalue weighted by Gasteiger charge is 2.12. The van der Waals surface area contributed by atoms with Crippen LogP contribution in [0.1, 0.15) is 22.8 Å². The molecule has 0 atom stereocenters. The Kier molecular flexibility index (Phi) is 5.46. The number of amides is 2. The molecule has 0 spiro atoms. The second kappa shape index (κ2) is 7.54. The molecule has 4 nitrogen and oxygen atoms in total. The first-order valence-electron chi connectivity index (χ1n) is 7.36. The Bertz CT molecular complexity index is 716. The maximum atomic E-state index is 13.1. The van der Waals surface area contributed by atoms with Gasteiger partial charge in [0.25, 0.3) is 5.91 Å². The minimum Gasteiger partial charge on any atom is -0.350 e. The summed E-state index contributed by atoms with van der Waals surface area (Å²) in [5.74, 6) is -0.921. The fourth-order valence-corrected chi connectivity index (χ4v) is 2.28. The molecular weight excluding hydrogens is 295 g/mol. The smallest absolute Gasteiger partial charge is 0.251 e. The van der Waals surface area contributed by atoms with Gasteiger partial charge in [0, 0.05) is 31.3 Å². The van der Waals surface area contributed by atoms with Gasteiger partial charge in [-0.25, -0.2) is 4.39 Å². The van der Waals surface area contributed by atoms with Crippen molar-refractivity contribution in [3.05, 3.63) is 65.5 Å². The minimum absolute atomic E-state index is 0.101. The number of benzene rings is 2. The average molecular weight is 314 g/mol. The van der Waals surface area contributed by atoms with E-state index < -0.39 is 5.82 Å². The van der Waals surface area contributed by atoms with Gasteiger partial charge in [-0.2, -0.15) is 0 Å². The van der Waals surface area contributed by atoms with E-state index in [2.05, 4.69) is 5.32 Å². The Balaban J connectivity index is 1.97. The van der Waals surface area contributed by atoms with E-state index in [1.807, 2.05) is 31.2 Å². The van der Waals surface area contributed by atoms with Crippen molar-refractivity contribution in [3.8, 4) is 0 Å². The highest BCUT2D eigenvalue weighted by molar-refractivity contribution is 5.94. The first-order chi connectivity index (χ1) is 11.0. The van der Waals surface area contributed by atoms with Gasteiger partial charge in [-0.05, 0) is 42.8 Å². The van der Waals surface area contributed by atoms with Crippen LogP contribution in [0.3, 0.4) is 0 Å². The minimum atomic E-state index is -0.456. The molecule has 2 aromatic carbocycles. The zero-order valence-electron chi connectivity index (χ0n) is 13.2. The number of halogens is 1. The highest BCUT2D eigenvalue weighted by Crippen LogP contribution is 2.15. The van der Waals surface area contributed by atoms with Crippen LogP contribution in [-0.2, 0) is 4.79 Å². The number of hydrogen-bond acceptors (Lipinski definition) is 2. The third-order valence-electron chi connectivity index (χ3n) is 3.40. The third kappa shape index (κ3) is 4.64. The number of carbonyl (C=O) groups excluding carboxylic acids is 2. The summed E-state index contributed by atoms with van der Waals surface area (Å²) < 4.78 is 13.1. The Morgan fingerprint density at radius 3 is 2.52 bits per heavy atom.